The molecular formula is C22H28O6. The van der Waals surface area contributed by atoms with Gasteiger partial charge in [-0.1, -0.05) is 31.7 Å². The highest BCUT2D eigenvalue weighted by atomic mass is 16.6. The van der Waals surface area contributed by atoms with Gasteiger partial charge in [-0.25, -0.2) is 9.59 Å². The predicted octanol–water partition coefficient (Wildman–Crippen LogP) is 3.27. The van der Waals surface area contributed by atoms with Gasteiger partial charge in [-0.2, -0.15) is 0 Å². The maximum Gasteiger partial charge on any atom is 0.334 e. The van der Waals surface area contributed by atoms with Crippen molar-refractivity contribution in [2.24, 2.45) is 17.3 Å². The monoisotopic (exact) mass is 388 g/mol. The third kappa shape index (κ3) is 3.19. The highest BCUT2D eigenvalue weighted by Crippen LogP contribution is 2.58. The van der Waals surface area contributed by atoms with E-state index in [0.29, 0.717) is 30.4 Å². The third-order valence-electron chi connectivity index (χ3n) is 6.57. The molecule has 152 valence electrons. The lowest BCUT2D eigenvalue weighted by molar-refractivity contribution is -0.189. The zero-order chi connectivity index (χ0) is 20.8. The fourth-order valence-electron chi connectivity index (χ4n) is 5.07. The second-order valence-electron chi connectivity index (χ2n) is 8.32. The van der Waals surface area contributed by atoms with Gasteiger partial charge in [0, 0.05) is 29.4 Å². The Morgan fingerprint density at radius 1 is 1.25 bits per heavy atom. The summed E-state index contributed by atoms with van der Waals surface area (Å²) in [6, 6.07) is 0. The van der Waals surface area contributed by atoms with Gasteiger partial charge in [0.05, 0.1) is 5.92 Å². The van der Waals surface area contributed by atoms with Crippen molar-refractivity contribution in [3.63, 3.8) is 0 Å². The Morgan fingerprint density at radius 2 is 1.93 bits per heavy atom. The molecule has 6 atom stereocenters. The van der Waals surface area contributed by atoms with Crippen molar-refractivity contribution < 1.29 is 28.6 Å². The number of fused-ring (bicyclic) bond motifs is 2. The molecule has 3 fully saturated rings. The predicted molar refractivity (Wildman–Crippen MR) is 102 cm³/mol. The summed E-state index contributed by atoms with van der Waals surface area (Å²) in [6.45, 7) is 15.0. The van der Waals surface area contributed by atoms with Crippen LogP contribution in [0.2, 0.25) is 0 Å². The summed E-state index contributed by atoms with van der Waals surface area (Å²) < 4.78 is 17.1. The molecule has 1 unspecified atom stereocenters. The fourth-order valence-corrected chi connectivity index (χ4v) is 5.07. The molecule has 3 aliphatic rings. The third-order valence-corrected chi connectivity index (χ3v) is 6.57. The van der Waals surface area contributed by atoms with E-state index < -0.39 is 35.5 Å². The van der Waals surface area contributed by atoms with E-state index in [1.165, 1.54) is 6.92 Å². The molecule has 28 heavy (non-hydrogen) atoms. The SMILES string of the molecule is C=C1CC[C@@H](OC(C)=O)[C@]2(C)C[C@@H]3OC(=O)C(=C)[C@H]3[C@H](OC(=O)/C(C)=C/C)C12. The number of hydrogen-bond donors (Lipinski definition) is 0. The first-order chi connectivity index (χ1) is 13.1. The Balaban J connectivity index is 2.05. The number of esters is 3. The minimum absolute atomic E-state index is 0.258. The highest BCUT2D eigenvalue weighted by molar-refractivity contribution is 5.92. The molecule has 0 aromatic rings. The second kappa shape index (κ2) is 7.22. The minimum atomic E-state index is -0.643. The summed E-state index contributed by atoms with van der Waals surface area (Å²) in [4.78, 5) is 36.5. The molecule has 2 saturated carbocycles. The van der Waals surface area contributed by atoms with E-state index in [0.717, 1.165) is 5.57 Å². The first kappa shape index (κ1) is 20.4. The van der Waals surface area contributed by atoms with Crippen LogP contribution in [0.1, 0.15) is 47.0 Å². The van der Waals surface area contributed by atoms with E-state index in [9.17, 15) is 14.4 Å². The van der Waals surface area contributed by atoms with Crippen LogP contribution >= 0.6 is 0 Å². The molecule has 0 aromatic carbocycles. The molecule has 0 radical (unpaired) electrons. The largest absolute Gasteiger partial charge is 0.462 e. The van der Waals surface area contributed by atoms with Gasteiger partial charge in [-0.05, 0) is 33.1 Å². The number of allylic oxidation sites excluding steroid dienone is 1. The Hall–Kier alpha value is -2.37. The summed E-state index contributed by atoms with van der Waals surface area (Å²) in [7, 11) is 0. The maximum absolute atomic E-state index is 12.6. The van der Waals surface area contributed by atoms with Crippen molar-refractivity contribution in [1.29, 1.82) is 0 Å². The molecule has 0 N–H and O–H groups in total. The Bertz CT molecular complexity index is 778. The van der Waals surface area contributed by atoms with Gasteiger partial charge in [0.1, 0.15) is 18.3 Å². The smallest absolute Gasteiger partial charge is 0.334 e. The van der Waals surface area contributed by atoms with Crippen molar-refractivity contribution in [2.75, 3.05) is 0 Å². The molecule has 1 saturated heterocycles. The van der Waals surface area contributed by atoms with E-state index in [4.69, 9.17) is 14.2 Å². The summed E-state index contributed by atoms with van der Waals surface area (Å²) in [5, 5.41) is 0. The van der Waals surface area contributed by atoms with Crippen LogP contribution < -0.4 is 0 Å². The molecule has 2 aliphatic carbocycles. The molecule has 0 aromatic heterocycles. The van der Waals surface area contributed by atoms with Gasteiger partial charge < -0.3 is 14.2 Å². The van der Waals surface area contributed by atoms with Crippen molar-refractivity contribution in [1.82, 2.24) is 0 Å². The van der Waals surface area contributed by atoms with Gasteiger partial charge in [-0.15, -0.1) is 0 Å². The standard InChI is InChI=1S/C22H28O6/c1-7-11(2)20(24)28-19-17-13(4)21(25)27-15(17)10-22(6)16(26-14(5)23)9-8-12(3)18(19)22/h7,15-19H,3-4,8-10H2,1-2,5-6H3/b11-7+/t15-,16+,17+,18?,19-,22-/m0/s1. The van der Waals surface area contributed by atoms with Gasteiger partial charge in [-0.3, -0.25) is 4.79 Å². The lowest BCUT2D eigenvalue weighted by atomic mass is 9.53. The van der Waals surface area contributed by atoms with E-state index in [1.807, 2.05) is 6.92 Å². The van der Waals surface area contributed by atoms with E-state index in [-0.39, 0.29) is 18.0 Å². The molecule has 6 nitrogen and oxygen atoms in total. The highest BCUT2D eigenvalue weighted by Gasteiger charge is 2.63. The zero-order valence-corrected chi connectivity index (χ0v) is 16.9. The summed E-state index contributed by atoms with van der Waals surface area (Å²) in [6.07, 6.45) is 2.02. The van der Waals surface area contributed by atoms with Gasteiger partial charge >= 0.3 is 17.9 Å². The van der Waals surface area contributed by atoms with Crippen molar-refractivity contribution in [3.8, 4) is 0 Å². The van der Waals surface area contributed by atoms with Crippen LogP contribution in [0.5, 0.6) is 0 Å². The topological polar surface area (TPSA) is 78.9 Å². The second-order valence-corrected chi connectivity index (χ2v) is 8.32. The van der Waals surface area contributed by atoms with E-state index in [2.05, 4.69) is 13.2 Å². The van der Waals surface area contributed by atoms with Crippen molar-refractivity contribution in [2.45, 2.75) is 65.3 Å². The Morgan fingerprint density at radius 3 is 2.54 bits per heavy atom. The first-order valence-corrected chi connectivity index (χ1v) is 9.68. The quantitative estimate of drug-likeness (QED) is 0.320. The molecule has 6 heteroatoms. The molecule has 0 spiro atoms. The molecule has 3 rings (SSSR count). The van der Waals surface area contributed by atoms with Gasteiger partial charge in [0.15, 0.2) is 0 Å². The van der Waals surface area contributed by atoms with Crippen LogP contribution in [0.4, 0.5) is 0 Å². The number of carbonyl (C=O) groups excluding carboxylic acids is 3. The van der Waals surface area contributed by atoms with Crippen LogP contribution in [-0.2, 0) is 28.6 Å². The number of ether oxygens (including phenoxy) is 3. The van der Waals surface area contributed by atoms with Crippen LogP contribution in [-0.4, -0.2) is 36.2 Å². The van der Waals surface area contributed by atoms with Crippen LogP contribution in [0.25, 0.3) is 0 Å². The van der Waals surface area contributed by atoms with Gasteiger partial charge in [0.2, 0.25) is 0 Å². The zero-order valence-electron chi connectivity index (χ0n) is 16.9. The van der Waals surface area contributed by atoms with E-state index >= 15 is 0 Å². The average Bonchev–Trinajstić information content (AvgIpc) is 2.89. The number of rotatable bonds is 3. The summed E-state index contributed by atoms with van der Waals surface area (Å²) in [5.74, 6) is -1.94. The van der Waals surface area contributed by atoms with Crippen LogP contribution in [0.3, 0.4) is 0 Å². The fraction of sp³-hybridized carbons (Fsp3) is 0.591. The molecule has 1 aliphatic heterocycles. The molecule has 0 amide bonds. The lowest BCUT2D eigenvalue weighted by Gasteiger charge is -2.55. The normalized spacial score (nSPS) is 37.6. The Labute approximate surface area is 165 Å². The number of hydrogen-bond acceptors (Lipinski definition) is 6. The van der Waals surface area contributed by atoms with Crippen molar-refractivity contribution >= 4 is 17.9 Å². The Kier molecular flexibility index (Phi) is 5.26. The van der Waals surface area contributed by atoms with Crippen LogP contribution in [0.15, 0.2) is 36.0 Å². The van der Waals surface area contributed by atoms with Crippen LogP contribution in [0, 0.1) is 17.3 Å². The minimum Gasteiger partial charge on any atom is -0.462 e. The molecule has 0 bridgehead atoms. The number of carbonyl (C=O) groups is 3. The average molecular weight is 388 g/mol. The molecular weight excluding hydrogens is 360 g/mol. The van der Waals surface area contributed by atoms with E-state index in [1.54, 1.807) is 19.9 Å². The summed E-state index contributed by atoms with van der Waals surface area (Å²) >= 11 is 0. The van der Waals surface area contributed by atoms with Gasteiger partial charge in [0.25, 0.3) is 0 Å². The lowest BCUT2D eigenvalue weighted by Crippen LogP contribution is -2.59. The maximum atomic E-state index is 12.6. The summed E-state index contributed by atoms with van der Waals surface area (Å²) in [5.41, 5.74) is 1.19. The molecule has 1 heterocycles. The first-order valence-electron chi connectivity index (χ1n) is 9.68. The van der Waals surface area contributed by atoms with Crippen molar-refractivity contribution in [3.05, 3.63) is 36.0 Å².